The van der Waals surface area contributed by atoms with Gasteiger partial charge in [-0.05, 0) is 71.8 Å². The zero-order chi connectivity index (χ0) is 30.0. The molecule has 2 amide bonds. The maximum atomic E-state index is 14.2. The third-order valence-corrected chi connectivity index (χ3v) is 6.64. The Morgan fingerprint density at radius 3 is 2.24 bits per heavy atom. The lowest BCUT2D eigenvalue weighted by atomic mass is 9.98. The highest BCUT2D eigenvalue weighted by atomic mass is 19.4. The van der Waals surface area contributed by atoms with Crippen LogP contribution in [0.3, 0.4) is 0 Å². The van der Waals surface area contributed by atoms with E-state index in [1.165, 1.54) is 23.8 Å². The second-order valence-corrected chi connectivity index (χ2v) is 9.83. The van der Waals surface area contributed by atoms with Crippen molar-refractivity contribution in [3.63, 3.8) is 0 Å². The van der Waals surface area contributed by atoms with Crippen molar-refractivity contribution in [1.29, 1.82) is 0 Å². The zero-order valence-electron chi connectivity index (χ0n) is 23.0. The van der Waals surface area contributed by atoms with Crippen molar-refractivity contribution in [1.82, 2.24) is 16.0 Å². The number of benzene rings is 3. The molecule has 0 radical (unpaired) electrons. The number of aryl methyl sites for hydroxylation is 2. The molecule has 0 fully saturated rings. The first-order valence-electron chi connectivity index (χ1n) is 13.5. The van der Waals surface area contributed by atoms with Gasteiger partial charge in [-0.15, -0.1) is 0 Å². The van der Waals surface area contributed by atoms with E-state index in [-0.39, 0.29) is 18.5 Å². The molecule has 0 aliphatic heterocycles. The number of hydrogen-bond donors (Lipinski definition) is 4. The van der Waals surface area contributed by atoms with Gasteiger partial charge < -0.3 is 21.1 Å². The van der Waals surface area contributed by atoms with E-state index in [2.05, 4.69) is 28.9 Å². The third-order valence-electron chi connectivity index (χ3n) is 6.64. The molecule has 2 unspecified atom stereocenters. The van der Waals surface area contributed by atoms with Crippen molar-refractivity contribution in [3.05, 3.63) is 106 Å². The summed E-state index contributed by atoms with van der Waals surface area (Å²) in [6, 6.07) is 15.6. The van der Waals surface area contributed by atoms with Crippen molar-refractivity contribution < 1.29 is 32.3 Å². The molecule has 2 atom stereocenters. The number of aliphatic hydroxyl groups is 1. The number of carbonyl (C=O) groups is 2. The fraction of sp³-hybridized carbons (Fsp3) is 0.355. The van der Waals surface area contributed by atoms with Crippen molar-refractivity contribution in [2.75, 3.05) is 13.1 Å². The van der Waals surface area contributed by atoms with E-state index in [9.17, 15) is 32.3 Å². The average molecular weight is 574 g/mol. The summed E-state index contributed by atoms with van der Waals surface area (Å²) in [4.78, 5) is 25.2. The molecule has 6 nitrogen and oxygen atoms in total. The van der Waals surface area contributed by atoms with Gasteiger partial charge in [0.2, 0.25) is 5.91 Å². The van der Waals surface area contributed by atoms with Crippen molar-refractivity contribution in [2.24, 2.45) is 0 Å². The van der Waals surface area contributed by atoms with Crippen LogP contribution >= 0.6 is 0 Å². The van der Waals surface area contributed by atoms with Gasteiger partial charge in [0.15, 0.2) is 0 Å². The van der Waals surface area contributed by atoms with Crippen molar-refractivity contribution >= 4 is 11.8 Å². The molecule has 0 saturated heterocycles. The summed E-state index contributed by atoms with van der Waals surface area (Å²) < 4.78 is 53.1. The molecule has 3 aromatic carbocycles. The highest BCUT2D eigenvalue weighted by molar-refractivity contribution is 5.96. The van der Waals surface area contributed by atoms with Crippen LogP contribution in [0.4, 0.5) is 17.6 Å². The fourth-order valence-electron chi connectivity index (χ4n) is 4.40. The smallest absolute Gasteiger partial charge is 0.390 e. The maximum Gasteiger partial charge on any atom is 0.416 e. The molecule has 3 aromatic rings. The number of amides is 2. The Hall–Kier alpha value is -3.76. The lowest BCUT2D eigenvalue weighted by molar-refractivity contribution is -0.137. The van der Waals surface area contributed by atoms with E-state index in [1.54, 1.807) is 6.07 Å². The van der Waals surface area contributed by atoms with E-state index in [0.717, 1.165) is 29.7 Å². The van der Waals surface area contributed by atoms with Gasteiger partial charge in [0, 0.05) is 18.7 Å². The van der Waals surface area contributed by atoms with Gasteiger partial charge in [-0.2, -0.15) is 13.2 Å². The van der Waals surface area contributed by atoms with E-state index in [4.69, 9.17) is 0 Å². The van der Waals surface area contributed by atoms with Gasteiger partial charge >= 0.3 is 6.18 Å². The average Bonchev–Trinajstić information content (AvgIpc) is 2.94. The predicted octanol–water partition coefficient (Wildman–Crippen LogP) is 4.58. The van der Waals surface area contributed by atoms with Gasteiger partial charge in [0.1, 0.15) is 5.82 Å². The van der Waals surface area contributed by atoms with Crippen LogP contribution in [0.1, 0.15) is 52.0 Å². The largest absolute Gasteiger partial charge is 0.416 e. The first kappa shape index (κ1) is 31.8. The van der Waals surface area contributed by atoms with Crippen molar-refractivity contribution in [3.8, 4) is 0 Å². The SMILES string of the molecule is CCc1cccc(CNCC(O)C(Cc2cc(F)cc(CC)c2)NC(=O)CNC(=O)c2cccc(C(F)(F)F)c2)c1. The number of carbonyl (C=O) groups excluding carboxylic acids is 2. The summed E-state index contributed by atoms with van der Waals surface area (Å²) in [6.45, 7) is 4.02. The number of rotatable bonds is 13. The van der Waals surface area contributed by atoms with Crippen LogP contribution in [0.5, 0.6) is 0 Å². The lowest BCUT2D eigenvalue weighted by Crippen LogP contribution is -2.51. The molecule has 4 N–H and O–H groups in total. The van der Waals surface area contributed by atoms with Crippen LogP contribution in [-0.4, -0.2) is 42.2 Å². The summed E-state index contributed by atoms with van der Waals surface area (Å²) in [5.74, 6) is -1.93. The normalized spacial score (nSPS) is 13.0. The summed E-state index contributed by atoms with van der Waals surface area (Å²) >= 11 is 0. The third kappa shape index (κ3) is 9.98. The summed E-state index contributed by atoms with van der Waals surface area (Å²) in [6.07, 6.45) is -4.07. The van der Waals surface area contributed by atoms with Gasteiger partial charge in [-0.3, -0.25) is 9.59 Å². The Morgan fingerprint density at radius 1 is 0.878 bits per heavy atom. The fourth-order valence-corrected chi connectivity index (χ4v) is 4.40. The predicted molar refractivity (Wildman–Crippen MR) is 149 cm³/mol. The standard InChI is InChI=1S/C31H35F4N3O3/c1-3-20-7-5-8-22(11-20)17-36-18-28(39)27(15-23-12-21(4-2)13-26(32)14-23)38-29(40)19-37-30(41)24-9-6-10-25(16-24)31(33,34)35/h5-14,16,27-28,36,39H,3-4,15,17-19H2,1-2H3,(H,37,41)(H,38,40). The summed E-state index contributed by atoms with van der Waals surface area (Å²) in [7, 11) is 0. The Balaban J connectivity index is 1.66. The minimum Gasteiger partial charge on any atom is -0.390 e. The van der Waals surface area contributed by atoms with Gasteiger partial charge in [-0.25, -0.2) is 4.39 Å². The molecular weight excluding hydrogens is 538 g/mol. The minimum absolute atomic E-state index is 0.117. The van der Waals surface area contributed by atoms with Crippen LogP contribution in [0.25, 0.3) is 0 Å². The molecule has 0 aliphatic carbocycles. The highest BCUT2D eigenvalue weighted by Gasteiger charge is 2.31. The highest BCUT2D eigenvalue weighted by Crippen LogP contribution is 2.29. The maximum absolute atomic E-state index is 14.2. The van der Waals surface area contributed by atoms with Gasteiger partial charge in [0.05, 0.1) is 24.3 Å². The van der Waals surface area contributed by atoms with Crippen LogP contribution < -0.4 is 16.0 Å². The van der Waals surface area contributed by atoms with Crippen LogP contribution in [0.15, 0.2) is 66.7 Å². The van der Waals surface area contributed by atoms with Crippen LogP contribution in [0, 0.1) is 5.82 Å². The molecule has 0 spiro atoms. The number of alkyl halides is 3. The Labute approximate surface area is 237 Å². The number of halogens is 4. The lowest BCUT2D eigenvalue weighted by Gasteiger charge is -2.25. The molecule has 10 heteroatoms. The topological polar surface area (TPSA) is 90.5 Å². The molecule has 220 valence electrons. The van der Waals surface area contributed by atoms with E-state index < -0.39 is 48.1 Å². The Kier molecular flexibility index (Phi) is 11.4. The van der Waals surface area contributed by atoms with Crippen LogP contribution in [-0.2, 0) is 36.8 Å². The zero-order valence-corrected chi connectivity index (χ0v) is 23.0. The number of hydrogen-bond acceptors (Lipinski definition) is 4. The Bertz CT molecular complexity index is 1330. The molecule has 0 aromatic heterocycles. The molecule has 0 saturated carbocycles. The number of nitrogens with one attached hydrogen (secondary N) is 3. The van der Waals surface area contributed by atoms with Gasteiger partial charge in [0.25, 0.3) is 5.91 Å². The monoisotopic (exact) mass is 573 g/mol. The molecular formula is C31H35F4N3O3. The molecule has 3 rings (SSSR count). The van der Waals surface area contributed by atoms with E-state index in [1.807, 2.05) is 25.1 Å². The molecule has 0 heterocycles. The van der Waals surface area contributed by atoms with E-state index >= 15 is 0 Å². The van der Waals surface area contributed by atoms with Crippen molar-refractivity contribution in [2.45, 2.75) is 58.0 Å². The summed E-state index contributed by atoms with van der Waals surface area (Å²) in [5, 5.41) is 19.2. The van der Waals surface area contributed by atoms with Crippen LogP contribution in [0.2, 0.25) is 0 Å². The number of aliphatic hydroxyl groups excluding tert-OH is 1. The minimum atomic E-state index is -4.61. The Morgan fingerprint density at radius 2 is 1.54 bits per heavy atom. The molecule has 0 bridgehead atoms. The first-order chi connectivity index (χ1) is 19.5. The van der Waals surface area contributed by atoms with Gasteiger partial charge in [-0.1, -0.05) is 50.2 Å². The quantitative estimate of drug-likeness (QED) is 0.226. The van der Waals surface area contributed by atoms with E-state index in [0.29, 0.717) is 24.6 Å². The summed E-state index contributed by atoms with van der Waals surface area (Å²) in [5.41, 5.74) is 2.34. The molecule has 0 aliphatic rings. The second-order valence-electron chi connectivity index (χ2n) is 9.83. The first-order valence-corrected chi connectivity index (χ1v) is 13.5. The second kappa shape index (κ2) is 14.7. The molecule has 41 heavy (non-hydrogen) atoms.